The van der Waals surface area contributed by atoms with Crippen molar-refractivity contribution in [1.29, 1.82) is 0 Å². The van der Waals surface area contributed by atoms with Crippen molar-refractivity contribution < 1.29 is 9.90 Å². The summed E-state index contributed by atoms with van der Waals surface area (Å²) in [6, 6.07) is 7.08. The number of hydrogen-bond donors (Lipinski definition) is 2. The lowest BCUT2D eigenvalue weighted by Gasteiger charge is -2.03. The zero-order chi connectivity index (χ0) is 15.1. The monoisotopic (exact) mass is 300 g/mol. The molecule has 0 spiro atoms. The zero-order valence-corrected chi connectivity index (χ0v) is 12.5. The molecule has 21 heavy (non-hydrogen) atoms. The highest BCUT2D eigenvalue weighted by Crippen LogP contribution is 2.11. The minimum absolute atomic E-state index is 0.0592. The van der Waals surface area contributed by atoms with Gasteiger partial charge in [-0.2, -0.15) is 0 Å². The fraction of sp³-hybridized carbons (Fsp3) is 0.250. The van der Waals surface area contributed by atoms with Gasteiger partial charge in [0.05, 0.1) is 13.2 Å². The number of hydrogen-bond acceptors (Lipinski definition) is 4. The second kappa shape index (κ2) is 7.58. The number of aliphatic hydroxyl groups is 1. The summed E-state index contributed by atoms with van der Waals surface area (Å²) >= 11 is 1.57. The van der Waals surface area contributed by atoms with E-state index >= 15 is 0 Å². The van der Waals surface area contributed by atoms with Gasteiger partial charge in [0.25, 0.3) is 5.91 Å². The summed E-state index contributed by atoms with van der Waals surface area (Å²) in [5, 5.41) is 12.4. The highest BCUT2D eigenvalue weighted by atomic mass is 32.1. The largest absolute Gasteiger partial charge is 0.395 e. The lowest BCUT2D eigenvalue weighted by atomic mass is 10.1. The Balaban J connectivity index is 1.92. The molecule has 2 N–H and O–H groups in total. The van der Waals surface area contributed by atoms with Crippen LogP contribution in [0.25, 0.3) is 0 Å². The molecule has 1 amide bonds. The molecule has 2 aromatic rings. The molecule has 2 rings (SSSR count). The molecule has 108 valence electrons. The van der Waals surface area contributed by atoms with Gasteiger partial charge in [-0.05, 0) is 31.2 Å². The van der Waals surface area contributed by atoms with Crippen LogP contribution in [0.4, 0.5) is 0 Å². The third-order valence-corrected chi connectivity index (χ3v) is 3.60. The molecule has 1 aromatic heterocycles. The van der Waals surface area contributed by atoms with Crippen LogP contribution in [0.15, 0.2) is 30.5 Å². The molecular weight excluding hydrogens is 284 g/mol. The van der Waals surface area contributed by atoms with Gasteiger partial charge < -0.3 is 10.4 Å². The third kappa shape index (κ3) is 4.71. The number of benzene rings is 1. The molecule has 0 saturated heterocycles. The van der Waals surface area contributed by atoms with Gasteiger partial charge in [0.2, 0.25) is 0 Å². The van der Waals surface area contributed by atoms with Crippen molar-refractivity contribution in [2.24, 2.45) is 0 Å². The molecule has 0 bridgehead atoms. The van der Waals surface area contributed by atoms with Crippen molar-refractivity contribution in [1.82, 2.24) is 10.3 Å². The summed E-state index contributed by atoms with van der Waals surface area (Å²) in [5.74, 6) is 5.64. The molecule has 1 heterocycles. The van der Waals surface area contributed by atoms with E-state index in [0.717, 1.165) is 15.4 Å². The summed E-state index contributed by atoms with van der Waals surface area (Å²) in [7, 11) is 0. The summed E-state index contributed by atoms with van der Waals surface area (Å²) in [4.78, 5) is 17.3. The van der Waals surface area contributed by atoms with Gasteiger partial charge >= 0.3 is 0 Å². The molecule has 0 radical (unpaired) electrons. The Kier molecular flexibility index (Phi) is 5.50. The summed E-state index contributed by atoms with van der Waals surface area (Å²) in [6.07, 6.45) is 2.25. The predicted molar refractivity (Wildman–Crippen MR) is 83.0 cm³/mol. The van der Waals surface area contributed by atoms with Gasteiger partial charge in [0, 0.05) is 28.6 Å². The number of carbonyl (C=O) groups is 1. The van der Waals surface area contributed by atoms with Crippen molar-refractivity contribution in [3.63, 3.8) is 0 Å². The standard InChI is InChI=1S/C16H16N2O2S/c1-12-10-17-15(21-12)11-18-16(20)14-7-5-13(6-8-14)4-2-3-9-19/h5-8,10,19H,3,9,11H2,1H3,(H,18,20). The van der Waals surface area contributed by atoms with Crippen LogP contribution in [0.2, 0.25) is 0 Å². The van der Waals surface area contributed by atoms with Crippen molar-refractivity contribution in [2.75, 3.05) is 6.61 Å². The Morgan fingerprint density at radius 3 is 2.76 bits per heavy atom. The van der Waals surface area contributed by atoms with Crippen LogP contribution in [-0.4, -0.2) is 22.6 Å². The minimum Gasteiger partial charge on any atom is -0.395 e. The maximum Gasteiger partial charge on any atom is 0.251 e. The van der Waals surface area contributed by atoms with Crippen LogP contribution in [0.3, 0.4) is 0 Å². The SMILES string of the molecule is Cc1cnc(CNC(=O)c2ccc(C#CCCO)cc2)s1. The molecule has 1 aromatic carbocycles. The molecule has 4 nitrogen and oxygen atoms in total. The Hall–Kier alpha value is -2.16. The van der Waals surface area contributed by atoms with Crippen molar-refractivity contribution >= 4 is 17.2 Å². The van der Waals surface area contributed by atoms with Crippen molar-refractivity contribution in [3.05, 3.63) is 51.5 Å². The zero-order valence-electron chi connectivity index (χ0n) is 11.7. The van der Waals surface area contributed by atoms with E-state index in [1.54, 1.807) is 41.8 Å². The first-order valence-electron chi connectivity index (χ1n) is 6.58. The third-order valence-electron chi connectivity index (χ3n) is 2.69. The van der Waals surface area contributed by atoms with E-state index in [-0.39, 0.29) is 12.5 Å². The number of nitrogens with one attached hydrogen (secondary N) is 1. The topological polar surface area (TPSA) is 62.2 Å². The number of amides is 1. The lowest BCUT2D eigenvalue weighted by molar-refractivity contribution is 0.0951. The molecule has 0 aliphatic rings. The van der Waals surface area contributed by atoms with Gasteiger partial charge in [0.15, 0.2) is 0 Å². The molecule has 0 aliphatic carbocycles. The Bertz CT molecular complexity index is 666. The number of thiazole rings is 1. The van der Waals surface area contributed by atoms with E-state index in [4.69, 9.17) is 5.11 Å². The second-order valence-electron chi connectivity index (χ2n) is 4.40. The summed E-state index contributed by atoms with van der Waals surface area (Å²) in [5.41, 5.74) is 1.42. The smallest absolute Gasteiger partial charge is 0.251 e. The van der Waals surface area contributed by atoms with Crippen LogP contribution in [-0.2, 0) is 6.54 Å². The number of nitrogens with zero attached hydrogens (tertiary/aromatic N) is 1. The van der Waals surface area contributed by atoms with Gasteiger partial charge in [-0.25, -0.2) is 4.98 Å². The number of rotatable bonds is 4. The highest BCUT2D eigenvalue weighted by molar-refractivity contribution is 7.11. The number of aromatic nitrogens is 1. The van der Waals surface area contributed by atoms with E-state index in [1.807, 2.05) is 6.92 Å². The maximum absolute atomic E-state index is 12.0. The van der Waals surface area contributed by atoms with Crippen molar-refractivity contribution in [2.45, 2.75) is 19.9 Å². The molecule has 0 saturated carbocycles. The van der Waals surface area contributed by atoms with E-state index in [9.17, 15) is 4.79 Å². The van der Waals surface area contributed by atoms with Crippen LogP contribution >= 0.6 is 11.3 Å². The van der Waals surface area contributed by atoms with Crippen LogP contribution in [0, 0.1) is 18.8 Å². The average molecular weight is 300 g/mol. The van der Waals surface area contributed by atoms with E-state index in [2.05, 4.69) is 22.1 Å². The van der Waals surface area contributed by atoms with Crippen LogP contribution in [0.5, 0.6) is 0 Å². The van der Waals surface area contributed by atoms with Crippen molar-refractivity contribution in [3.8, 4) is 11.8 Å². The fourth-order valence-electron chi connectivity index (χ4n) is 1.67. The van der Waals surface area contributed by atoms with E-state index < -0.39 is 0 Å². The predicted octanol–water partition coefficient (Wildman–Crippen LogP) is 2.12. The normalized spacial score (nSPS) is 9.81. The number of aliphatic hydroxyl groups excluding tert-OH is 1. The van der Waals surface area contributed by atoms with Gasteiger partial charge in [-0.3, -0.25) is 4.79 Å². The average Bonchev–Trinajstić information content (AvgIpc) is 2.91. The fourth-order valence-corrected chi connectivity index (χ4v) is 2.39. The first-order chi connectivity index (χ1) is 10.2. The van der Waals surface area contributed by atoms with Gasteiger partial charge in [-0.1, -0.05) is 11.8 Å². The highest BCUT2D eigenvalue weighted by Gasteiger charge is 2.06. The summed E-state index contributed by atoms with van der Waals surface area (Å²) in [6.45, 7) is 2.48. The first-order valence-corrected chi connectivity index (χ1v) is 7.40. The molecule has 0 aliphatic heterocycles. The first kappa shape index (κ1) is 15.2. The van der Waals surface area contributed by atoms with Crippen LogP contribution < -0.4 is 5.32 Å². The molecular formula is C16H16N2O2S. The minimum atomic E-state index is -0.127. The molecule has 0 fully saturated rings. The van der Waals surface area contributed by atoms with E-state index in [0.29, 0.717) is 18.5 Å². The Morgan fingerprint density at radius 1 is 1.38 bits per heavy atom. The summed E-state index contributed by atoms with van der Waals surface area (Å²) < 4.78 is 0. The van der Waals surface area contributed by atoms with Crippen LogP contribution in [0.1, 0.15) is 32.2 Å². The number of carbonyl (C=O) groups excluding carboxylic acids is 1. The lowest BCUT2D eigenvalue weighted by Crippen LogP contribution is -2.22. The molecule has 0 atom stereocenters. The quantitative estimate of drug-likeness (QED) is 0.850. The van der Waals surface area contributed by atoms with Gasteiger partial charge in [-0.15, -0.1) is 11.3 Å². The maximum atomic E-state index is 12.0. The number of aryl methyl sites for hydroxylation is 1. The second-order valence-corrected chi connectivity index (χ2v) is 5.72. The molecule has 5 heteroatoms. The van der Waals surface area contributed by atoms with Gasteiger partial charge in [0.1, 0.15) is 5.01 Å². The Labute approximate surface area is 127 Å². The Morgan fingerprint density at radius 2 is 2.14 bits per heavy atom. The molecule has 0 unspecified atom stereocenters. The van der Waals surface area contributed by atoms with E-state index in [1.165, 1.54) is 0 Å².